The van der Waals surface area contributed by atoms with E-state index < -0.39 is 0 Å². The summed E-state index contributed by atoms with van der Waals surface area (Å²) >= 11 is 0. The number of fused-ring (bicyclic) bond motifs is 2. The largest absolute Gasteiger partial charge is 0.504 e. The normalized spacial score (nSPS) is 17.7. The van der Waals surface area contributed by atoms with Crippen molar-refractivity contribution in [2.24, 2.45) is 0 Å². The first-order valence-corrected chi connectivity index (χ1v) is 9.00. The summed E-state index contributed by atoms with van der Waals surface area (Å²) in [7, 11) is 8.57. The van der Waals surface area contributed by atoms with Gasteiger partial charge in [-0.05, 0) is 48.7 Å². The maximum Gasteiger partial charge on any atom is 0.204 e. The smallest absolute Gasteiger partial charge is 0.204 e. The Morgan fingerprint density at radius 3 is 2.26 bits per heavy atom. The summed E-state index contributed by atoms with van der Waals surface area (Å²) in [6, 6.07) is 4.20. The number of aromatic hydroxyl groups is 1. The van der Waals surface area contributed by atoms with E-state index in [1.807, 2.05) is 12.1 Å². The van der Waals surface area contributed by atoms with Crippen LogP contribution in [0.25, 0.3) is 11.1 Å². The molecule has 2 aromatic carbocycles. The van der Waals surface area contributed by atoms with Crippen molar-refractivity contribution in [2.45, 2.75) is 18.9 Å². The monoisotopic (exact) mass is 371 g/mol. The van der Waals surface area contributed by atoms with Crippen LogP contribution in [0.15, 0.2) is 12.1 Å². The Morgan fingerprint density at radius 1 is 0.963 bits per heavy atom. The van der Waals surface area contributed by atoms with Gasteiger partial charge in [0.25, 0.3) is 0 Å². The van der Waals surface area contributed by atoms with Gasteiger partial charge in [-0.1, -0.05) is 0 Å². The molecular weight excluding hydrogens is 346 g/mol. The summed E-state index contributed by atoms with van der Waals surface area (Å²) in [5.41, 5.74) is 5.24. The van der Waals surface area contributed by atoms with E-state index in [9.17, 15) is 5.11 Å². The molecule has 2 aliphatic rings. The van der Waals surface area contributed by atoms with Gasteiger partial charge in [-0.25, -0.2) is 0 Å². The lowest BCUT2D eigenvalue weighted by Gasteiger charge is -2.41. The van der Waals surface area contributed by atoms with E-state index in [4.69, 9.17) is 18.9 Å². The van der Waals surface area contributed by atoms with Crippen LogP contribution in [-0.4, -0.2) is 52.0 Å². The van der Waals surface area contributed by atoms with E-state index in [0.717, 1.165) is 47.2 Å². The van der Waals surface area contributed by atoms with E-state index in [2.05, 4.69) is 11.9 Å². The van der Waals surface area contributed by atoms with Crippen molar-refractivity contribution in [3.05, 3.63) is 28.8 Å². The Balaban J connectivity index is 2.11. The Morgan fingerprint density at radius 2 is 1.63 bits per heavy atom. The molecule has 0 amide bonds. The molecule has 1 atom stereocenters. The number of methoxy groups -OCH3 is 4. The third-order valence-corrected chi connectivity index (χ3v) is 5.81. The summed E-state index contributed by atoms with van der Waals surface area (Å²) in [6.07, 6.45) is 1.60. The lowest BCUT2D eigenvalue weighted by molar-refractivity contribution is 0.223. The first-order valence-electron chi connectivity index (χ1n) is 9.00. The molecule has 0 radical (unpaired) electrons. The molecule has 2 aromatic rings. The van der Waals surface area contributed by atoms with Crippen molar-refractivity contribution < 1.29 is 24.1 Å². The van der Waals surface area contributed by atoms with Gasteiger partial charge in [0.05, 0.1) is 28.4 Å². The van der Waals surface area contributed by atoms with Crippen LogP contribution in [0.3, 0.4) is 0 Å². The zero-order chi connectivity index (χ0) is 19.3. The second-order valence-corrected chi connectivity index (χ2v) is 7.00. The van der Waals surface area contributed by atoms with Gasteiger partial charge in [0.1, 0.15) is 0 Å². The molecule has 0 unspecified atom stereocenters. The summed E-state index contributed by atoms with van der Waals surface area (Å²) in [5, 5.41) is 10.9. The molecule has 1 heterocycles. The quantitative estimate of drug-likeness (QED) is 0.891. The molecule has 1 N–H and O–H groups in total. The van der Waals surface area contributed by atoms with Crippen LogP contribution in [0.5, 0.6) is 28.7 Å². The third-order valence-electron chi connectivity index (χ3n) is 5.81. The standard InChI is InChI=1S/C21H25NO5/c1-22-7-6-12-17-14(22)8-11-9-15(24-2)16(25-3)10-13(11)18(17)20(26-4)21(27-5)19(12)23/h9-10,14,23H,6-8H2,1-5H3/t14-/m0/s1. The van der Waals surface area contributed by atoms with Crippen LogP contribution >= 0.6 is 0 Å². The minimum atomic E-state index is 0.167. The number of hydrogen-bond donors (Lipinski definition) is 1. The van der Waals surface area contributed by atoms with Gasteiger partial charge in [-0.15, -0.1) is 0 Å². The molecule has 0 spiro atoms. The number of ether oxygens (including phenoxy) is 4. The highest BCUT2D eigenvalue weighted by Gasteiger charge is 2.39. The number of benzene rings is 2. The van der Waals surface area contributed by atoms with E-state index in [-0.39, 0.29) is 11.8 Å². The zero-order valence-electron chi connectivity index (χ0n) is 16.4. The lowest BCUT2D eigenvalue weighted by Crippen LogP contribution is -2.35. The molecule has 4 rings (SSSR count). The van der Waals surface area contributed by atoms with Gasteiger partial charge in [-0.2, -0.15) is 0 Å². The molecule has 0 saturated heterocycles. The molecule has 0 bridgehead atoms. The predicted molar refractivity (Wildman–Crippen MR) is 103 cm³/mol. The number of phenols is 1. The average Bonchev–Trinajstić information content (AvgIpc) is 2.69. The van der Waals surface area contributed by atoms with Gasteiger partial charge in [0.15, 0.2) is 23.0 Å². The van der Waals surface area contributed by atoms with Crippen molar-refractivity contribution in [3.8, 4) is 39.9 Å². The molecule has 0 fully saturated rings. The van der Waals surface area contributed by atoms with Gasteiger partial charge in [0.2, 0.25) is 5.75 Å². The fraction of sp³-hybridized carbons (Fsp3) is 0.429. The maximum atomic E-state index is 10.9. The van der Waals surface area contributed by atoms with E-state index >= 15 is 0 Å². The summed E-state index contributed by atoms with van der Waals surface area (Å²) in [4.78, 5) is 2.33. The van der Waals surface area contributed by atoms with E-state index in [1.165, 1.54) is 0 Å². The van der Waals surface area contributed by atoms with Crippen LogP contribution in [0.4, 0.5) is 0 Å². The fourth-order valence-electron chi connectivity index (χ4n) is 4.48. The Hall–Kier alpha value is -2.60. The Kier molecular flexibility index (Phi) is 4.30. The Labute approximate surface area is 159 Å². The summed E-state index contributed by atoms with van der Waals surface area (Å²) < 4.78 is 22.3. The minimum Gasteiger partial charge on any atom is -0.504 e. The predicted octanol–water partition coefficient (Wildman–Crippen LogP) is 3.18. The van der Waals surface area contributed by atoms with Crippen molar-refractivity contribution in [1.29, 1.82) is 0 Å². The van der Waals surface area contributed by atoms with Crippen LogP contribution in [-0.2, 0) is 12.8 Å². The van der Waals surface area contributed by atoms with Crippen molar-refractivity contribution in [3.63, 3.8) is 0 Å². The van der Waals surface area contributed by atoms with Gasteiger partial charge >= 0.3 is 0 Å². The van der Waals surface area contributed by atoms with Crippen LogP contribution in [0.2, 0.25) is 0 Å². The molecule has 1 aliphatic heterocycles. The zero-order valence-corrected chi connectivity index (χ0v) is 16.4. The topological polar surface area (TPSA) is 60.4 Å². The SMILES string of the molecule is COc1cc2c(cc1OC)-c1c(OC)c(OC)c(O)c3c1[C@H](C2)N(C)CC3. The molecule has 1 aliphatic carbocycles. The molecule has 0 saturated carbocycles. The van der Waals surface area contributed by atoms with Crippen molar-refractivity contribution in [1.82, 2.24) is 4.90 Å². The fourth-order valence-corrected chi connectivity index (χ4v) is 4.48. The van der Waals surface area contributed by atoms with E-state index in [1.54, 1.807) is 28.4 Å². The van der Waals surface area contributed by atoms with E-state index in [0.29, 0.717) is 23.0 Å². The number of hydrogen-bond acceptors (Lipinski definition) is 6. The second-order valence-electron chi connectivity index (χ2n) is 7.00. The van der Waals surface area contributed by atoms with Crippen LogP contribution < -0.4 is 18.9 Å². The maximum absolute atomic E-state index is 10.9. The Bertz CT molecular complexity index is 908. The number of likely N-dealkylation sites (N-methyl/N-ethyl adjacent to an activating group) is 1. The van der Waals surface area contributed by atoms with Crippen molar-refractivity contribution in [2.75, 3.05) is 42.0 Å². The molecule has 27 heavy (non-hydrogen) atoms. The van der Waals surface area contributed by atoms with Gasteiger partial charge in [0, 0.05) is 23.7 Å². The van der Waals surface area contributed by atoms with Crippen LogP contribution in [0.1, 0.15) is 22.7 Å². The summed E-state index contributed by atoms with van der Waals surface area (Å²) in [5.74, 6) is 2.51. The first-order chi connectivity index (χ1) is 13.0. The number of phenolic OH excluding ortho intramolecular Hbond substituents is 1. The second kappa shape index (κ2) is 6.53. The highest BCUT2D eigenvalue weighted by atomic mass is 16.5. The van der Waals surface area contributed by atoms with Crippen LogP contribution in [0, 0.1) is 0 Å². The summed E-state index contributed by atoms with van der Waals surface area (Å²) in [6.45, 7) is 0.878. The third kappa shape index (κ3) is 2.43. The minimum absolute atomic E-state index is 0.167. The number of rotatable bonds is 4. The average molecular weight is 371 g/mol. The van der Waals surface area contributed by atoms with Gasteiger partial charge in [-0.3, -0.25) is 4.90 Å². The molecule has 0 aromatic heterocycles. The lowest BCUT2D eigenvalue weighted by atomic mass is 9.76. The molecular formula is C21H25NO5. The van der Waals surface area contributed by atoms with Crippen molar-refractivity contribution >= 4 is 0 Å². The highest BCUT2D eigenvalue weighted by molar-refractivity contribution is 5.87. The number of nitrogens with zero attached hydrogens (tertiary/aromatic N) is 1. The highest BCUT2D eigenvalue weighted by Crippen LogP contribution is 2.57. The first kappa shape index (κ1) is 17.8. The molecule has 144 valence electrons. The van der Waals surface area contributed by atoms with Gasteiger partial charge < -0.3 is 24.1 Å². The molecule has 6 nitrogen and oxygen atoms in total. The molecule has 6 heteroatoms.